The molecule has 0 unspecified atom stereocenters. The van der Waals surface area contributed by atoms with Crippen molar-refractivity contribution in [2.24, 2.45) is 4.99 Å². The zero-order valence-corrected chi connectivity index (χ0v) is 18.7. The van der Waals surface area contributed by atoms with Gasteiger partial charge in [0.1, 0.15) is 12.4 Å². The molecule has 0 saturated heterocycles. The molecule has 0 spiro atoms. The number of nitro groups is 1. The molecule has 0 amide bonds. The number of esters is 1. The zero-order chi connectivity index (χ0) is 22.7. The van der Waals surface area contributed by atoms with Gasteiger partial charge >= 0.3 is 5.97 Å². The highest BCUT2D eigenvalue weighted by Gasteiger charge is 2.26. The molecular weight excluding hydrogens is 500 g/mol. The first-order chi connectivity index (χ1) is 15.4. The highest BCUT2D eigenvalue weighted by molar-refractivity contribution is 9.10. The SMILES string of the molecule is O=C1OC(c2ccc([N+](=O)[O-])cc2Cl)=N/C1=C\c1cccc(OCc2cccc(Br)c2)c1. The molecule has 0 saturated carbocycles. The summed E-state index contributed by atoms with van der Waals surface area (Å²) in [7, 11) is 0. The third-order valence-corrected chi connectivity index (χ3v) is 5.28. The van der Waals surface area contributed by atoms with Gasteiger partial charge in [0.05, 0.1) is 15.5 Å². The molecule has 0 bridgehead atoms. The molecule has 0 fully saturated rings. The van der Waals surface area contributed by atoms with Crippen molar-refractivity contribution in [3.05, 3.63) is 109 Å². The van der Waals surface area contributed by atoms with E-state index in [9.17, 15) is 14.9 Å². The summed E-state index contributed by atoms with van der Waals surface area (Å²) < 4.78 is 12.0. The van der Waals surface area contributed by atoms with E-state index in [4.69, 9.17) is 21.1 Å². The smallest absolute Gasteiger partial charge is 0.363 e. The van der Waals surface area contributed by atoms with Crippen LogP contribution in [0.15, 0.2) is 81.9 Å². The molecule has 0 N–H and O–H groups in total. The van der Waals surface area contributed by atoms with Crippen molar-refractivity contribution < 1.29 is 19.2 Å². The Morgan fingerprint density at radius 1 is 1.12 bits per heavy atom. The number of non-ortho nitro benzene ring substituents is 1. The van der Waals surface area contributed by atoms with Crippen molar-refractivity contribution in [3.63, 3.8) is 0 Å². The Balaban J connectivity index is 1.53. The second-order valence-electron chi connectivity index (χ2n) is 6.75. The number of carbonyl (C=O) groups is 1. The Morgan fingerprint density at radius 2 is 1.94 bits per heavy atom. The van der Waals surface area contributed by atoms with Gasteiger partial charge in [-0.25, -0.2) is 9.79 Å². The maximum Gasteiger partial charge on any atom is 0.363 e. The van der Waals surface area contributed by atoms with Gasteiger partial charge < -0.3 is 9.47 Å². The maximum absolute atomic E-state index is 12.3. The summed E-state index contributed by atoms with van der Waals surface area (Å²) >= 11 is 9.54. The molecule has 9 heteroatoms. The first-order valence-corrected chi connectivity index (χ1v) is 10.5. The molecule has 4 rings (SSSR count). The van der Waals surface area contributed by atoms with Gasteiger partial charge in [0.25, 0.3) is 5.69 Å². The van der Waals surface area contributed by atoms with Crippen molar-refractivity contribution in [2.75, 3.05) is 0 Å². The lowest BCUT2D eigenvalue weighted by Crippen LogP contribution is -2.06. The highest BCUT2D eigenvalue weighted by atomic mass is 79.9. The molecule has 32 heavy (non-hydrogen) atoms. The summed E-state index contributed by atoms with van der Waals surface area (Å²) in [5, 5.41) is 10.9. The van der Waals surface area contributed by atoms with E-state index in [0.29, 0.717) is 23.5 Å². The Hall–Kier alpha value is -3.49. The standard InChI is InChI=1S/C23H14BrClN2O5/c24-16-5-1-4-15(9-16)13-31-18-6-2-3-14(10-18)11-21-23(28)32-22(26-21)19-8-7-17(27(29)30)12-20(19)25/h1-12H,13H2/b21-11-. The summed E-state index contributed by atoms with van der Waals surface area (Å²) in [4.78, 5) is 26.8. The van der Waals surface area contributed by atoms with Gasteiger partial charge in [-0.3, -0.25) is 10.1 Å². The normalized spacial score (nSPS) is 14.2. The van der Waals surface area contributed by atoms with Crippen LogP contribution in [0.25, 0.3) is 6.08 Å². The highest BCUT2D eigenvalue weighted by Crippen LogP contribution is 2.27. The lowest BCUT2D eigenvalue weighted by molar-refractivity contribution is -0.384. The van der Waals surface area contributed by atoms with Crippen molar-refractivity contribution in [1.82, 2.24) is 0 Å². The second kappa shape index (κ2) is 9.33. The average molecular weight is 514 g/mol. The van der Waals surface area contributed by atoms with Crippen LogP contribution in [0.5, 0.6) is 5.75 Å². The minimum atomic E-state index is -0.644. The Morgan fingerprint density at radius 3 is 2.69 bits per heavy atom. The number of halogens is 2. The molecular formula is C23H14BrClN2O5. The van der Waals surface area contributed by atoms with Crippen molar-refractivity contribution in [1.29, 1.82) is 0 Å². The van der Waals surface area contributed by atoms with Gasteiger partial charge in [0, 0.05) is 16.6 Å². The number of cyclic esters (lactones) is 1. The maximum atomic E-state index is 12.3. The molecule has 1 heterocycles. The van der Waals surface area contributed by atoms with Crippen molar-refractivity contribution >= 4 is 51.2 Å². The van der Waals surface area contributed by atoms with Crippen LogP contribution in [0.4, 0.5) is 5.69 Å². The molecule has 0 radical (unpaired) electrons. The van der Waals surface area contributed by atoms with Crippen LogP contribution in [0.2, 0.25) is 5.02 Å². The summed E-state index contributed by atoms with van der Waals surface area (Å²) in [6, 6.07) is 18.9. The first kappa shape index (κ1) is 21.7. The average Bonchev–Trinajstić information content (AvgIpc) is 3.12. The molecule has 3 aromatic rings. The predicted molar refractivity (Wildman–Crippen MR) is 124 cm³/mol. The van der Waals surface area contributed by atoms with Crippen molar-refractivity contribution in [3.8, 4) is 5.75 Å². The van der Waals surface area contributed by atoms with Gasteiger partial charge in [-0.15, -0.1) is 0 Å². The third-order valence-electron chi connectivity index (χ3n) is 4.47. The monoisotopic (exact) mass is 512 g/mol. The lowest BCUT2D eigenvalue weighted by Gasteiger charge is -2.07. The number of hydrogen-bond donors (Lipinski definition) is 0. The molecule has 0 atom stereocenters. The van der Waals surface area contributed by atoms with E-state index in [1.54, 1.807) is 24.3 Å². The van der Waals surface area contributed by atoms with Crippen molar-refractivity contribution in [2.45, 2.75) is 6.61 Å². The van der Waals surface area contributed by atoms with Crippen LogP contribution in [-0.2, 0) is 16.1 Å². The molecule has 1 aliphatic heterocycles. The number of benzene rings is 3. The number of ether oxygens (including phenoxy) is 2. The van der Waals surface area contributed by atoms with Gasteiger partial charge in [-0.05, 0) is 47.5 Å². The number of carbonyl (C=O) groups excluding carboxylic acids is 1. The molecule has 160 valence electrons. The Kier molecular flexibility index (Phi) is 6.34. The van der Waals surface area contributed by atoms with E-state index in [0.717, 1.165) is 10.0 Å². The number of nitrogens with zero attached hydrogens (tertiary/aromatic N) is 2. The fourth-order valence-corrected chi connectivity index (χ4v) is 3.66. The minimum Gasteiger partial charge on any atom is -0.489 e. The zero-order valence-electron chi connectivity index (χ0n) is 16.3. The minimum absolute atomic E-state index is 0.0109. The first-order valence-electron chi connectivity index (χ1n) is 9.33. The second-order valence-corrected chi connectivity index (χ2v) is 8.07. The quantitative estimate of drug-likeness (QED) is 0.176. The van der Waals surface area contributed by atoms with E-state index in [1.807, 2.05) is 30.3 Å². The number of aliphatic imine (C=N–C) groups is 1. The largest absolute Gasteiger partial charge is 0.489 e. The number of hydrogen-bond acceptors (Lipinski definition) is 6. The van der Waals surface area contributed by atoms with Crippen LogP contribution in [-0.4, -0.2) is 16.8 Å². The van der Waals surface area contributed by atoms with Gasteiger partial charge in [-0.1, -0.05) is 51.8 Å². The fraction of sp³-hybridized carbons (Fsp3) is 0.0435. The van der Waals surface area contributed by atoms with Crippen LogP contribution < -0.4 is 4.74 Å². The molecule has 0 aromatic heterocycles. The van der Waals surface area contributed by atoms with E-state index >= 15 is 0 Å². The van der Waals surface area contributed by atoms with Crippen LogP contribution in [0.3, 0.4) is 0 Å². The van der Waals surface area contributed by atoms with E-state index in [2.05, 4.69) is 20.9 Å². The molecule has 0 aliphatic carbocycles. The summed E-state index contributed by atoms with van der Waals surface area (Å²) in [5.41, 5.74) is 1.91. The van der Waals surface area contributed by atoms with Gasteiger partial charge in [0.15, 0.2) is 5.70 Å². The summed E-state index contributed by atoms with van der Waals surface area (Å²) in [6.07, 6.45) is 1.57. The lowest BCUT2D eigenvalue weighted by atomic mass is 10.2. The molecule has 7 nitrogen and oxygen atoms in total. The number of nitro benzene ring substituents is 1. The Bertz CT molecular complexity index is 1290. The van der Waals surface area contributed by atoms with Crippen LogP contribution >= 0.6 is 27.5 Å². The third kappa shape index (κ3) is 5.04. The Labute approximate surface area is 196 Å². The molecule has 3 aromatic carbocycles. The van der Waals surface area contributed by atoms with Crippen LogP contribution in [0, 0.1) is 10.1 Å². The van der Waals surface area contributed by atoms with Gasteiger partial charge in [-0.2, -0.15) is 0 Å². The molecule has 1 aliphatic rings. The van der Waals surface area contributed by atoms with Crippen LogP contribution in [0.1, 0.15) is 16.7 Å². The topological polar surface area (TPSA) is 91.0 Å². The van der Waals surface area contributed by atoms with E-state index < -0.39 is 10.9 Å². The summed E-state index contributed by atoms with van der Waals surface area (Å²) in [5.74, 6) is -0.0219. The predicted octanol–water partition coefficient (Wildman–Crippen LogP) is 5.93. The van der Waals surface area contributed by atoms with E-state index in [1.165, 1.54) is 18.2 Å². The number of rotatable bonds is 6. The summed E-state index contributed by atoms with van der Waals surface area (Å²) in [6.45, 7) is 0.391. The van der Waals surface area contributed by atoms with Gasteiger partial charge in [0.2, 0.25) is 5.90 Å². The fourth-order valence-electron chi connectivity index (χ4n) is 2.96. The van der Waals surface area contributed by atoms with E-state index in [-0.39, 0.29) is 22.3 Å².